The highest BCUT2D eigenvalue weighted by Gasteiger charge is 2.08. The van der Waals surface area contributed by atoms with Gasteiger partial charge in [-0.2, -0.15) is 0 Å². The van der Waals surface area contributed by atoms with Gasteiger partial charge in [0.25, 0.3) is 0 Å². The predicted molar refractivity (Wildman–Crippen MR) is 109 cm³/mol. The van der Waals surface area contributed by atoms with Gasteiger partial charge in [-0.15, -0.1) is 0 Å². The molecule has 0 aliphatic rings. The second kappa shape index (κ2) is 9.76. The average Bonchev–Trinajstić information content (AvgIpc) is 2.69. The van der Waals surface area contributed by atoms with Crippen LogP contribution in [0.25, 0.3) is 0 Å². The van der Waals surface area contributed by atoms with Crippen LogP contribution in [0.15, 0.2) is 78.9 Å². The van der Waals surface area contributed by atoms with Crippen LogP contribution >= 0.6 is 11.6 Å². The smallest absolute Gasteiger partial charge is 0.225 e. The number of halogens is 1. The maximum atomic E-state index is 12.2. The molecule has 0 fully saturated rings. The standard InChI is InChI=1S/C22H21ClN2O2/c23-18-12-10-17(11-13-18)16-24-15-14-22(26)25-20-8-4-5-9-21(20)27-19-6-2-1-3-7-19/h1-13,24H,14-16H2,(H,25,26). The first kappa shape index (κ1) is 19.0. The molecule has 4 nitrogen and oxygen atoms in total. The number of nitrogens with one attached hydrogen (secondary N) is 2. The molecule has 2 N–H and O–H groups in total. The zero-order valence-corrected chi connectivity index (χ0v) is 15.6. The van der Waals surface area contributed by atoms with Crippen molar-refractivity contribution < 1.29 is 9.53 Å². The first-order chi connectivity index (χ1) is 13.2. The van der Waals surface area contributed by atoms with Crippen molar-refractivity contribution in [2.24, 2.45) is 0 Å². The molecule has 0 heterocycles. The number of anilines is 1. The number of para-hydroxylation sites is 3. The zero-order valence-electron chi connectivity index (χ0n) is 14.8. The minimum Gasteiger partial charge on any atom is -0.455 e. The molecule has 27 heavy (non-hydrogen) atoms. The Morgan fingerprint density at radius 1 is 0.889 bits per heavy atom. The molecule has 0 atom stereocenters. The molecule has 0 radical (unpaired) electrons. The van der Waals surface area contributed by atoms with Gasteiger partial charge in [0, 0.05) is 24.5 Å². The SMILES string of the molecule is O=C(CCNCc1ccc(Cl)cc1)Nc1ccccc1Oc1ccccc1. The second-order valence-corrected chi connectivity index (χ2v) is 6.45. The van der Waals surface area contributed by atoms with E-state index < -0.39 is 0 Å². The van der Waals surface area contributed by atoms with Crippen LogP contribution in [-0.4, -0.2) is 12.5 Å². The number of carbonyl (C=O) groups excluding carboxylic acids is 1. The lowest BCUT2D eigenvalue weighted by Crippen LogP contribution is -2.21. The lowest BCUT2D eigenvalue weighted by atomic mass is 10.2. The Morgan fingerprint density at radius 2 is 1.59 bits per heavy atom. The van der Waals surface area contributed by atoms with E-state index in [0.29, 0.717) is 30.9 Å². The van der Waals surface area contributed by atoms with Crippen LogP contribution in [-0.2, 0) is 11.3 Å². The molecular formula is C22H21ClN2O2. The lowest BCUT2D eigenvalue weighted by Gasteiger charge is -2.12. The molecule has 0 aliphatic carbocycles. The van der Waals surface area contributed by atoms with Gasteiger partial charge in [-0.25, -0.2) is 0 Å². The summed E-state index contributed by atoms with van der Waals surface area (Å²) in [5.74, 6) is 1.28. The largest absolute Gasteiger partial charge is 0.455 e. The molecule has 3 aromatic carbocycles. The number of hydrogen-bond donors (Lipinski definition) is 2. The van der Waals surface area contributed by atoms with Gasteiger partial charge < -0.3 is 15.4 Å². The van der Waals surface area contributed by atoms with Gasteiger partial charge in [0.05, 0.1) is 5.69 Å². The minimum absolute atomic E-state index is 0.0669. The maximum absolute atomic E-state index is 12.2. The molecule has 5 heteroatoms. The molecule has 1 amide bonds. The van der Waals surface area contributed by atoms with E-state index in [-0.39, 0.29) is 5.91 Å². The van der Waals surface area contributed by atoms with Gasteiger partial charge in [-0.05, 0) is 42.0 Å². The molecular weight excluding hydrogens is 360 g/mol. The van der Waals surface area contributed by atoms with E-state index in [1.807, 2.05) is 78.9 Å². The van der Waals surface area contributed by atoms with E-state index in [9.17, 15) is 4.79 Å². The van der Waals surface area contributed by atoms with Crippen LogP contribution < -0.4 is 15.4 Å². The van der Waals surface area contributed by atoms with Gasteiger partial charge in [-0.3, -0.25) is 4.79 Å². The molecule has 138 valence electrons. The Labute approximate surface area is 164 Å². The van der Waals surface area contributed by atoms with Crippen molar-refractivity contribution in [3.05, 3.63) is 89.4 Å². The van der Waals surface area contributed by atoms with Crippen molar-refractivity contribution in [1.29, 1.82) is 0 Å². The van der Waals surface area contributed by atoms with Gasteiger partial charge in [0.1, 0.15) is 5.75 Å². The molecule has 0 spiro atoms. The quantitative estimate of drug-likeness (QED) is 0.525. The predicted octanol–water partition coefficient (Wildman–Crippen LogP) is 5.25. The third kappa shape index (κ3) is 6.13. The van der Waals surface area contributed by atoms with Crippen LogP contribution in [0.1, 0.15) is 12.0 Å². The summed E-state index contributed by atoms with van der Waals surface area (Å²) in [6, 6.07) is 24.5. The third-order valence-corrected chi connectivity index (χ3v) is 4.16. The third-order valence-electron chi connectivity index (χ3n) is 3.90. The summed E-state index contributed by atoms with van der Waals surface area (Å²) in [6.45, 7) is 1.27. The second-order valence-electron chi connectivity index (χ2n) is 6.01. The number of rotatable bonds is 8. The van der Waals surface area contributed by atoms with Gasteiger partial charge in [0.15, 0.2) is 5.75 Å². The first-order valence-electron chi connectivity index (χ1n) is 8.77. The summed E-state index contributed by atoms with van der Waals surface area (Å²) in [4.78, 5) is 12.2. The molecule has 3 rings (SSSR count). The first-order valence-corrected chi connectivity index (χ1v) is 9.15. The lowest BCUT2D eigenvalue weighted by molar-refractivity contribution is -0.116. The Hall–Kier alpha value is -2.82. The van der Waals surface area contributed by atoms with E-state index in [1.165, 1.54) is 0 Å². The zero-order chi connectivity index (χ0) is 18.9. The highest BCUT2D eigenvalue weighted by Crippen LogP contribution is 2.29. The van der Waals surface area contributed by atoms with Crippen LogP contribution in [0.5, 0.6) is 11.5 Å². The van der Waals surface area contributed by atoms with Crippen molar-refractivity contribution in [3.63, 3.8) is 0 Å². The molecule has 0 aliphatic heterocycles. The monoisotopic (exact) mass is 380 g/mol. The summed E-state index contributed by atoms with van der Waals surface area (Å²) >= 11 is 5.87. The average molecular weight is 381 g/mol. The van der Waals surface area contributed by atoms with Crippen LogP contribution in [0.2, 0.25) is 5.02 Å². The Bertz CT molecular complexity index is 867. The van der Waals surface area contributed by atoms with E-state index in [4.69, 9.17) is 16.3 Å². The molecule has 0 unspecified atom stereocenters. The summed E-state index contributed by atoms with van der Waals surface area (Å²) in [5.41, 5.74) is 1.78. The van der Waals surface area contributed by atoms with Gasteiger partial charge >= 0.3 is 0 Å². The van der Waals surface area contributed by atoms with E-state index in [2.05, 4.69) is 10.6 Å². The van der Waals surface area contributed by atoms with Crippen molar-refractivity contribution in [2.45, 2.75) is 13.0 Å². The summed E-state index contributed by atoms with van der Waals surface area (Å²) < 4.78 is 5.86. The summed E-state index contributed by atoms with van der Waals surface area (Å²) in [5, 5.41) is 6.89. The number of carbonyl (C=O) groups is 1. The number of ether oxygens (including phenoxy) is 1. The topological polar surface area (TPSA) is 50.4 Å². The fourth-order valence-electron chi connectivity index (χ4n) is 2.52. The van der Waals surface area contributed by atoms with E-state index >= 15 is 0 Å². The molecule has 0 bridgehead atoms. The molecule has 0 saturated carbocycles. The number of hydrogen-bond acceptors (Lipinski definition) is 3. The van der Waals surface area contributed by atoms with Crippen molar-refractivity contribution in [1.82, 2.24) is 5.32 Å². The Morgan fingerprint density at radius 3 is 2.37 bits per heavy atom. The fourth-order valence-corrected chi connectivity index (χ4v) is 2.65. The highest BCUT2D eigenvalue weighted by molar-refractivity contribution is 6.30. The number of amides is 1. The fraction of sp³-hybridized carbons (Fsp3) is 0.136. The number of benzene rings is 3. The van der Waals surface area contributed by atoms with Crippen LogP contribution in [0, 0.1) is 0 Å². The van der Waals surface area contributed by atoms with E-state index in [1.54, 1.807) is 0 Å². The Balaban J connectivity index is 1.48. The summed E-state index contributed by atoms with van der Waals surface area (Å²) in [6.07, 6.45) is 0.368. The van der Waals surface area contributed by atoms with E-state index in [0.717, 1.165) is 16.3 Å². The van der Waals surface area contributed by atoms with Crippen LogP contribution in [0.4, 0.5) is 5.69 Å². The van der Waals surface area contributed by atoms with Crippen molar-refractivity contribution >= 4 is 23.2 Å². The normalized spacial score (nSPS) is 10.4. The molecule has 0 saturated heterocycles. The Kier molecular flexibility index (Phi) is 6.85. The van der Waals surface area contributed by atoms with Gasteiger partial charge in [-0.1, -0.05) is 54.1 Å². The summed E-state index contributed by atoms with van der Waals surface area (Å²) in [7, 11) is 0. The van der Waals surface area contributed by atoms with Crippen LogP contribution in [0.3, 0.4) is 0 Å². The minimum atomic E-state index is -0.0669. The molecule has 0 aromatic heterocycles. The van der Waals surface area contributed by atoms with Gasteiger partial charge in [0.2, 0.25) is 5.91 Å². The highest BCUT2D eigenvalue weighted by atomic mass is 35.5. The maximum Gasteiger partial charge on any atom is 0.225 e. The van der Waals surface area contributed by atoms with Crippen molar-refractivity contribution in [2.75, 3.05) is 11.9 Å². The van der Waals surface area contributed by atoms with Crippen molar-refractivity contribution in [3.8, 4) is 11.5 Å². The molecule has 3 aromatic rings.